The fraction of sp³-hybridized carbons (Fsp3) is 0.400. The maximum Gasteiger partial charge on any atom is 2.00 e. The van der Waals surface area contributed by atoms with Crippen molar-refractivity contribution in [1.82, 2.24) is 4.98 Å². The molecule has 3 aromatic carbocycles. The number of nitrogens with two attached hydrogens (primary N) is 1. The van der Waals surface area contributed by atoms with Crippen molar-refractivity contribution in [2.24, 2.45) is 5.73 Å². The van der Waals surface area contributed by atoms with Crippen LogP contribution in [-0.4, -0.2) is 36.2 Å². The summed E-state index contributed by atoms with van der Waals surface area (Å²) in [4.78, 5) is 4.49. The Hall–Kier alpha value is -1.34. The summed E-state index contributed by atoms with van der Waals surface area (Å²) < 4.78 is 11.6. The number of aromatic nitrogens is 1. The van der Waals surface area contributed by atoms with Crippen LogP contribution in [0.3, 0.4) is 0 Å². The Balaban J connectivity index is 0.000000319. The van der Waals surface area contributed by atoms with E-state index in [1.54, 1.807) is 25.8 Å². The first-order valence-electron chi connectivity index (χ1n) is 22.7. The standard InChI is InChI=1S/C37H51O2P2.C13H13N2.C5H5.ClH.Fe.Ru/c1-25-21-32(22-26(2)36(25)38-6)41(33-23-27(3)37(39-7)28(4)24-33)35-20-14-19-34(35)29(5)40(30-15-10-8-11-16-30)31-17-12-9-13-18-31;1-10(14)12-8-5-9-13(15-12)11-6-3-2-4-7-11;1-2-4-5-3-1;;;/h14,19-24,29-31H,8-13,15-18H2,1-7H3;2-6,8-10H,14H2,1H3;1-5H;1H;;/q;-1;;;2*+2/p-1/t29-;10-;;;;/m00..../s1. The Kier molecular flexibility index (Phi) is 24.9. The molecule has 0 unspecified atom stereocenters. The first-order valence-corrected chi connectivity index (χ1v) is 27.9. The molecule has 8 rings (SSSR count). The number of aryl methyl sites for hydroxylation is 4. The summed E-state index contributed by atoms with van der Waals surface area (Å²) in [5, 5.41) is 2.86. The van der Waals surface area contributed by atoms with Crippen LogP contribution in [0.15, 0.2) is 66.7 Å². The summed E-state index contributed by atoms with van der Waals surface area (Å²) in [7, 11) is 7.38. The minimum Gasteiger partial charge on any atom is 2.00 e. The van der Waals surface area contributed by atoms with E-state index in [1.165, 1.54) is 97.1 Å². The number of methoxy groups -OCH3 is 2. The molecule has 4 nitrogen and oxygen atoms in total. The first-order chi connectivity index (χ1) is 30.6. The van der Waals surface area contributed by atoms with Gasteiger partial charge in [0.2, 0.25) is 0 Å². The number of hydrogen-bond acceptors (Lipinski definition) is 4. The number of benzene rings is 3. The molecule has 342 valence electrons. The molecule has 64 heavy (non-hydrogen) atoms. The van der Waals surface area contributed by atoms with Gasteiger partial charge in [0.25, 0.3) is 0 Å². The molecule has 9 heteroatoms. The van der Waals surface area contributed by atoms with Crippen molar-refractivity contribution in [1.29, 1.82) is 0 Å². The Bertz CT molecular complexity index is 1820. The summed E-state index contributed by atoms with van der Waals surface area (Å²) in [6, 6.07) is 26.4. The largest absolute Gasteiger partial charge is 2.00 e. The molecule has 1 aromatic heterocycles. The molecule has 4 aliphatic rings. The Morgan fingerprint density at radius 1 is 0.672 bits per heavy atom. The van der Waals surface area contributed by atoms with Crippen molar-refractivity contribution in [3.8, 4) is 22.8 Å². The van der Waals surface area contributed by atoms with Crippen LogP contribution in [0.4, 0.5) is 0 Å². The number of pyridine rings is 1. The monoisotopic (exact) mass is 1040 g/mol. The summed E-state index contributed by atoms with van der Waals surface area (Å²) in [5.41, 5.74) is 17.6. The SMILES string of the molecule is COc1c(C)cc(P([C]2[CH][CH][CH][C]2[C@H](C)P(C2CCCCC2)C2CCCCC2)c2cc(C)c(OC)c(C)c2)cc1C.C[C@H](N)c1cccc(-c2[c-]cccc2)n1.[CH]1[CH][CH][CH][CH]1.[Cl][Ru+].[Fe+2]. The predicted octanol–water partition coefficient (Wildman–Crippen LogP) is 13.9. The second-order valence-electron chi connectivity index (χ2n) is 17.1. The van der Waals surface area contributed by atoms with Crippen molar-refractivity contribution >= 4 is 36.1 Å². The van der Waals surface area contributed by atoms with Gasteiger partial charge in [0, 0.05) is 17.4 Å². The number of ether oxygens (including phenoxy) is 2. The molecule has 2 N–H and O–H groups in total. The average molecular weight is 1040 g/mol. The van der Waals surface area contributed by atoms with Crippen molar-refractivity contribution in [3.63, 3.8) is 0 Å². The molecule has 4 fully saturated rings. The molecule has 10 radical (unpaired) electrons. The Labute approximate surface area is 417 Å². The van der Waals surface area contributed by atoms with E-state index in [1.807, 2.05) is 98.8 Å². The quantitative estimate of drug-likeness (QED) is 0.0924. The van der Waals surface area contributed by atoms with Gasteiger partial charge in [-0.25, -0.2) is 0 Å². The topological polar surface area (TPSA) is 57.4 Å². The third kappa shape index (κ3) is 15.1. The summed E-state index contributed by atoms with van der Waals surface area (Å²) >= 11 is 1.82. The van der Waals surface area contributed by atoms with Crippen LogP contribution < -0.4 is 25.8 Å². The van der Waals surface area contributed by atoms with Gasteiger partial charge in [0.05, 0.1) is 14.2 Å². The molecule has 4 aliphatic carbocycles. The number of halogens is 1. The van der Waals surface area contributed by atoms with Gasteiger partial charge in [-0.1, -0.05) is 65.5 Å². The minimum atomic E-state index is -0.722. The van der Waals surface area contributed by atoms with Crippen molar-refractivity contribution in [2.75, 3.05) is 14.2 Å². The van der Waals surface area contributed by atoms with E-state index in [0.29, 0.717) is 5.66 Å². The third-order valence-corrected chi connectivity index (χ3v) is 18.9. The van der Waals surface area contributed by atoms with Gasteiger partial charge in [-0.3, -0.25) is 4.98 Å². The molecular weight excluding hydrogens is 975 g/mol. The zero-order valence-corrected chi connectivity index (χ0v) is 44.6. The van der Waals surface area contributed by atoms with Crippen LogP contribution in [0.5, 0.6) is 11.5 Å². The fourth-order valence-electron chi connectivity index (χ4n) is 9.74. The summed E-state index contributed by atoms with van der Waals surface area (Å²) in [6.45, 7) is 13.4. The van der Waals surface area contributed by atoms with Crippen LogP contribution in [0.25, 0.3) is 11.3 Å². The molecule has 0 spiro atoms. The van der Waals surface area contributed by atoms with Crippen molar-refractivity contribution in [3.05, 3.63) is 164 Å². The predicted molar refractivity (Wildman–Crippen MR) is 269 cm³/mol. The molecule has 0 amide bonds. The number of nitrogens with zero attached hydrogens (tertiary/aromatic N) is 1. The zero-order chi connectivity index (χ0) is 45.3. The maximum absolute atomic E-state index is 5.80. The molecule has 0 bridgehead atoms. The van der Waals surface area contributed by atoms with E-state index in [9.17, 15) is 0 Å². The van der Waals surface area contributed by atoms with Gasteiger partial charge >= 0.3 is 44.1 Å². The fourth-order valence-corrected chi connectivity index (χ4v) is 17.1. The maximum atomic E-state index is 5.80. The van der Waals surface area contributed by atoms with Crippen LogP contribution in [-0.2, 0) is 34.4 Å². The minimum absolute atomic E-state index is 0. The Morgan fingerprint density at radius 3 is 1.58 bits per heavy atom. The average Bonchev–Trinajstić information content (AvgIpc) is 4.06. The van der Waals surface area contributed by atoms with Crippen molar-refractivity contribution < 1.29 is 43.9 Å². The second-order valence-corrected chi connectivity index (χ2v) is 22.4. The molecule has 4 saturated carbocycles. The van der Waals surface area contributed by atoms with E-state index in [-0.39, 0.29) is 31.0 Å². The van der Waals surface area contributed by atoms with E-state index in [4.69, 9.17) is 15.2 Å². The van der Waals surface area contributed by atoms with E-state index < -0.39 is 7.92 Å². The first kappa shape index (κ1) is 55.3. The van der Waals surface area contributed by atoms with Crippen LogP contribution in [0.1, 0.15) is 112 Å². The Morgan fingerprint density at radius 2 is 1.16 bits per heavy atom. The number of hydrogen-bond donors (Lipinski definition) is 1. The number of rotatable bonds is 11. The van der Waals surface area contributed by atoms with E-state index in [2.05, 4.69) is 98.9 Å². The second kappa shape index (κ2) is 28.9. The molecular formula is C55H69ClFeN2O2P2Ru+2. The molecule has 4 aromatic rings. The molecule has 0 saturated heterocycles. The van der Waals surface area contributed by atoms with E-state index >= 15 is 0 Å². The van der Waals surface area contributed by atoms with Crippen LogP contribution in [0.2, 0.25) is 0 Å². The summed E-state index contributed by atoms with van der Waals surface area (Å²) in [5.74, 6) is 3.66. The summed E-state index contributed by atoms with van der Waals surface area (Å²) in [6.07, 6.45) is 31.8. The van der Waals surface area contributed by atoms with Gasteiger partial charge < -0.3 is 15.2 Å². The van der Waals surface area contributed by atoms with Gasteiger partial charge in [-0.05, 0) is 211 Å². The van der Waals surface area contributed by atoms with Crippen LogP contribution in [0, 0.1) is 96.7 Å². The van der Waals surface area contributed by atoms with Crippen molar-refractivity contribution in [2.45, 2.75) is 129 Å². The zero-order valence-electron chi connectivity index (χ0n) is 39.2. The molecule has 2 atom stereocenters. The van der Waals surface area contributed by atoms with E-state index in [0.717, 1.165) is 39.8 Å². The van der Waals surface area contributed by atoms with Gasteiger partial charge in [0.15, 0.2) is 0 Å². The van der Waals surface area contributed by atoms with Gasteiger partial charge in [0.1, 0.15) is 11.5 Å². The van der Waals surface area contributed by atoms with Gasteiger partial charge in [-0.15, -0.1) is 35.9 Å². The molecule has 1 heterocycles. The van der Waals surface area contributed by atoms with Crippen LogP contribution >= 0.6 is 25.5 Å². The molecule has 0 aliphatic heterocycles. The normalized spacial score (nSPS) is 18.1. The third-order valence-electron chi connectivity index (χ3n) is 12.5. The smallest absolute Gasteiger partial charge is 2.00 e. The van der Waals surface area contributed by atoms with Gasteiger partial charge in [-0.2, -0.15) is 0 Å².